The van der Waals surface area contributed by atoms with Gasteiger partial charge in [-0.05, 0) is 6.07 Å². The van der Waals surface area contributed by atoms with Crippen molar-refractivity contribution in [3.63, 3.8) is 0 Å². The molecule has 2 N–H and O–H groups in total. The van der Waals surface area contributed by atoms with Gasteiger partial charge in [-0.3, -0.25) is 14.9 Å². The molecule has 0 spiro atoms. The Morgan fingerprint density at radius 3 is 2.75 bits per heavy atom. The van der Waals surface area contributed by atoms with Crippen molar-refractivity contribution >= 4 is 17.3 Å². The number of ether oxygens (including phenoxy) is 1. The first kappa shape index (κ1) is 11.9. The van der Waals surface area contributed by atoms with Gasteiger partial charge >= 0.3 is 11.7 Å². The number of hydrogen-bond acceptors (Lipinski definition) is 5. The Labute approximate surface area is 90.0 Å². The van der Waals surface area contributed by atoms with Crippen LogP contribution in [0.2, 0.25) is 0 Å². The first-order valence-electron chi connectivity index (χ1n) is 4.24. The largest absolute Gasteiger partial charge is 0.469 e. The van der Waals surface area contributed by atoms with Gasteiger partial charge in [-0.25, -0.2) is 0 Å². The van der Waals surface area contributed by atoms with Gasteiger partial charge < -0.3 is 10.5 Å². The van der Waals surface area contributed by atoms with E-state index in [4.69, 9.17) is 5.73 Å². The minimum Gasteiger partial charge on any atom is -0.469 e. The van der Waals surface area contributed by atoms with Crippen LogP contribution < -0.4 is 5.73 Å². The molecule has 0 heterocycles. The fraction of sp³-hybridized carbons (Fsp3) is 0.222. The van der Waals surface area contributed by atoms with Gasteiger partial charge in [0.2, 0.25) is 5.82 Å². The molecule has 6 nitrogen and oxygen atoms in total. The summed E-state index contributed by atoms with van der Waals surface area (Å²) in [6, 6.07) is 2.06. The van der Waals surface area contributed by atoms with Crippen LogP contribution in [-0.2, 0) is 16.0 Å². The van der Waals surface area contributed by atoms with Crippen LogP contribution in [0.15, 0.2) is 12.1 Å². The number of carbonyl (C=O) groups is 1. The van der Waals surface area contributed by atoms with Crippen molar-refractivity contribution in [2.75, 3.05) is 12.8 Å². The highest BCUT2D eigenvalue weighted by Gasteiger charge is 2.20. The summed E-state index contributed by atoms with van der Waals surface area (Å²) in [6.07, 6.45) is -0.395. The van der Waals surface area contributed by atoms with Crippen molar-refractivity contribution in [2.45, 2.75) is 6.42 Å². The highest BCUT2D eigenvalue weighted by Crippen LogP contribution is 2.24. The number of esters is 1. The standard InChI is InChI=1S/C9H9FN2O4/c1-16-8(13)3-5-2-6(11)4-7(9(5)10)12(14)15/h2,4H,3,11H2,1H3. The second-order valence-corrected chi connectivity index (χ2v) is 3.02. The quantitative estimate of drug-likeness (QED) is 0.361. The van der Waals surface area contributed by atoms with Crippen LogP contribution in [0.5, 0.6) is 0 Å². The molecular formula is C9H9FN2O4. The van der Waals surface area contributed by atoms with E-state index in [9.17, 15) is 19.3 Å². The Balaban J connectivity index is 3.19. The number of anilines is 1. The molecule has 0 amide bonds. The molecule has 0 saturated carbocycles. The zero-order chi connectivity index (χ0) is 12.3. The number of benzene rings is 1. The molecule has 1 rings (SSSR count). The minimum atomic E-state index is -1.07. The highest BCUT2D eigenvalue weighted by atomic mass is 19.1. The van der Waals surface area contributed by atoms with Crippen LogP contribution in [0.1, 0.15) is 5.56 Å². The lowest BCUT2D eigenvalue weighted by atomic mass is 10.1. The minimum absolute atomic E-state index is 0.0204. The monoisotopic (exact) mass is 228 g/mol. The first-order valence-corrected chi connectivity index (χ1v) is 4.24. The summed E-state index contributed by atoms with van der Waals surface area (Å²) < 4.78 is 17.8. The second kappa shape index (κ2) is 4.56. The van der Waals surface area contributed by atoms with Crippen LogP contribution in [0, 0.1) is 15.9 Å². The second-order valence-electron chi connectivity index (χ2n) is 3.02. The average molecular weight is 228 g/mol. The Kier molecular flexibility index (Phi) is 3.39. The molecule has 0 radical (unpaired) electrons. The van der Waals surface area contributed by atoms with Crippen molar-refractivity contribution in [3.8, 4) is 0 Å². The third-order valence-corrected chi connectivity index (χ3v) is 1.91. The molecule has 0 fully saturated rings. The Morgan fingerprint density at radius 1 is 1.62 bits per heavy atom. The van der Waals surface area contributed by atoms with Gasteiger partial charge in [0.15, 0.2) is 0 Å². The number of nitrogens with zero attached hydrogens (tertiary/aromatic N) is 1. The van der Waals surface area contributed by atoms with E-state index >= 15 is 0 Å². The first-order chi connectivity index (χ1) is 7.45. The molecule has 0 atom stereocenters. The van der Waals surface area contributed by atoms with E-state index in [0.29, 0.717) is 0 Å². The van der Waals surface area contributed by atoms with Gasteiger partial charge in [-0.2, -0.15) is 4.39 Å². The number of nitrogen functional groups attached to an aromatic ring is 1. The van der Waals surface area contributed by atoms with E-state index in [1.54, 1.807) is 0 Å². The molecule has 0 aliphatic carbocycles. The summed E-state index contributed by atoms with van der Waals surface area (Å²) in [5.74, 6) is -1.76. The van der Waals surface area contributed by atoms with E-state index in [2.05, 4.69) is 4.74 Å². The predicted molar refractivity (Wildman–Crippen MR) is 53.2 cm³/mol. The van der Waals surface area contributed by atoms with Crippen molar-refractivity contribution in [2.24, 2.45) is 0 Å². The lowest BCUT2D eigenvalue weighted by Gasteiger charge is -2.04. The summed E-state index contributed by atoms with van der Waals surface area (Å²) in [5.41, 5.74) is 4.48. The highest BCUT2D eigenvalue weighted by molar-refractivity contribution is 5.73. The van der Waals surface area contributed by atoms with Gasteiger partial charge in [0, 0.05) is 17.3 Å². The average Bonchev–Trinajstić information content (AvgIpc) is 2.22. The fourth-order valence-electron chi connectivity index (χ4n) is 1.18. The van der Waals surface area contributed by atoms with Crippen LogP contribution in [0.25, 0.3) is 0 Å². The van der Waals surface area contributed by atoms with Crippen molar-refractivity contribution in [1.29, 1.82) is 0 Å². The molecule has 0 aliphatic rings. The molecule has 7 heteroatoms. The molecule has 86 valence electrons. The molecular weight excluding hydrogens is 219 g/mol. The SMILES string of the molecule is COC(=O)Cc1cc(N)cc([N+](=O)[O-])c1F. The topological polar surface area (TPSA) is 95.5 Å². The van der Waals surface area contributed by atoms with Crippen molar-refractivity contribution in [3.05, 3.63) is 33.6 Å². The zero-order valence-electron chi connectivity index (χ0n) is 8.40. The molecule has 1 aromatic carbocycles. The third kappa shape index (κ3) is 2.44. The number of nitrogens with two attached hydrogens (primary N) is 1. The van der Waals surface area contributed by atoms with Crippen LogP contribution in [-0.4, -0.2) is 18.0 Å². The van der Waals surface area contributed by atoms with Gasteiger partial charge in [0.1, 0.15) is 0 Å². The third-order valence-electron chi connectivity index (χ3n) is 1.91. The number of carbonyl (C=O) groups excluding carboxylic acids is 1. The predicted octanol–water partition coefficient (Wildman–Crippen LogP) is 1.03. The van der Waals surface area contributed by atoms with E-state index < -0.39 is 28.8 Å². The van der Waals surface area contributed by atoms with Gasteiger partial charge in [-0.15, -0.1) is 0 Å². The van der Waals surface area contributed by atoms with E-state index in [-0.39, 0.29) is 11.3 Å². The maximum atomic E-state index is 13.5. The Hall–Kier alpha value is -2.18. The maximum absolute atomic E-state index is 13.5. The lowest BCUT2D eigenvalue weighted by molar-refractivity contribution is -0.387. The maximum Gasteiger partial charge on any atom is 0.310 e. The van der Waals surface area contributed by atoms with E-state index in [0.717, 1.165) is 13.2 Å². The normalized spacial score (nSPS) is 9.88. The number of halogens is 1. The Bertz CT molecular complexity index is 447. The van der Waals surface area contributed by atoms with Crippen molar-refractivity contribution in [1.82, 2.24) is 0 Å². The summed E-state index contributed by atoms with van der Waals surface area (Å²) in [5, 5.41) is 10.5. The van der Waals surface area contributed by atoms with Crippen molar-refractivity contribution < 1.29 is 18.8 Å². The molecule has 0 unspecified atom stereocenters. The molecule has 0 aromatic heterocycles. The zero-order valence-corrected chi connectivity index (χ0v) is 8.40. The summed E-state index contributed by atoms with van der Waals surface area (Å²) >= 11 is 0. The molecule has 1 aromatic rings. The molecule has 16 heavy (non-hydrogen) atoms. The van der Waals surface area contributed by atoms with Crippen LogP contribution >= 0.6 is 0 Å². The number of hydrogen-bond donors (Lipinski definition) is 1. The van der Waals surface area contributed by atoms with Crippen LogP contribution in [0.3, 0.4) is 0 Å². The number of nitro groups is 1. The summed E-state index contributed by atoms with van der Waals surface area (Å²) in [6.45, 7) is 0. The number of rotatable bonds is 3. The fourth-order valence-corrected chi connectivity index (χ4v) is 1.18. The van der Waals surface area contributed by atoms with Gasteiger partial charge in [0.25, 0.3) is 0 Å². The molecule has 0 bridgehead atoms. The van der Waals surface area contributed by atoms with E-state index in [1.165, 1.54) is 6.07 Å². The number of methoxy groups -OCH3 is 1. The van der Waals surface area contributed by atoms with Gasteiger partial charge in [0.05, 0.1) is 18.5 Å². The Morgan fingerprint density at radius 2 is 2.25 bits per heavy atom. The molecule has 0 saturated heterocycles. The lowest BCUT2D eigenvalue weighted by Crippen LogP contribution is -2.08. The summed E-state index contributed by atoms with van der Waals surface area (Å²) in [7, 11) is 1.14. The molecule has 0 aliphatic heterocycles. The number of nitro benzene ring substituents is 1. The van der Waals surface area contributed by atoms with E-state index in [1.807, 2.05) is 0 Å². The van der Waals surface area contributed by atoms with Gasteiger partial charge in [-0.1, -0.05) is 0 Å². The van der Waals surface area contributed by atoms with Crippen LogP contribution in [0.4, 0.5) is 15.8 Å². The smallest absolute Gasteiger partial charge is 0.310 e. The summed E-state index contributed by atoms with van der Waals surface area (Å²) in [4.78, 5) is 20.5.